The Morgan fingerprint density at radius 1 is 1.29 bits per heavy atom. The largest absolute Gasteiger partial charge is 0.294 e. The summed E-state index contributed by atoms with van der Waals surface area (Å²) >= 11 is 1.91. The van der Waals surface area contributed by atoms with Gasteiger partial charge in [0.05, 0.1) is 13.1 Å². The van der Waals surface area contributed by atoms with Crippen molar-refractivity contribution in [2.45, 2.75) is 18.9 Å². The Bertz CT molecular complexity index is 235. The zero-order chi connectivity index (χ0) is 9.97. The van der Waals surface area contributed by atoms with Crippen molar-refractivity contribution in [1.29, 1.82) is 0 Å². The Hall–Kier alpha value is -0.550. The van der Waals surface area contributed by atoms with Crippen LogP contribution in [0.2, 0.25) is 0 Å². The smallest absolute Gasteiger partial charge is 0.240 e. The summed E-state index contributed by atoms with van der Waals surface area (Å²) in [5.41, 5.74) is 0. The number of carbonyl (C=O) groups is 2. The van der Waals surface area contributed by atoms with E-state index in [9.17, 15) is 9.59 Å². The summed E-state index contributed by atoms with van der Waals surface area (Å²) in [5, 5.41) is 2.32. The molecule has 2 rings (SSSR count). The fourth-order valence-corrected chi connectivity index (χ4v) is 3.12. The first kappa shape index (κ1) is 9.98. The van der Waals surface area contributed by atoms with Crippen LogP contribution in [-0.2, 0) is 9.59 Å². The van der Waals surface area contributed by atoms with E-state index in [1.54, 1.807) is 0 Å². The zero-order valence-electron chi connectivity index (χ0n) is 7.99. The fraction of sp³-hybridized carbons (Fsp3) is 0.778. The minimum absolute atomic E-state index is 0.156. The molecule has 0 saturated carbocycles. The van der Waals surface area contributed by atoms with Crippen molar-refractivity contribution in [1.82, 2.24) is 10.2 Å². The fourth-order valence-electron chi connectivity index (χ4n) is 1.93. The zero-order valence-corrected chi connectivity index (χ0v) is 8.81. The van der Waals surface area contributed by atoms with Crippen LogP contribution < -0.4 is 5.32 Å². The molecule has 1 unspecified atom stereocenters. The van der Waals surface area contributed by atoms with Crippen LogP contribution in [0.25, 0.3) is 0 Å². The number of hydrogen-bond donors (Lipinski definition) is 1. The van der Waals surface area contributed by atoms with Crippen LogP contribution in [0, 0.1) is 0 Å². The predicted molar refractivity (Wildman–Crippen MR) is 55.1 cm³/mol. The Kier molecular flexibility index (Phi) is 3.08. The monoisotopic (exact) mass is 214 g/mol. The number of carbonyl (C=O) groups excluding carboxylic acids is 2. The van der Waals surface area contributed by atoms with E-state index in [-0.39, 0.29) is 11.8 Å². The van der Waals surface area contributed by atoms with Crippen molar-refractivity contribution in [2.75, 3.05) is 24.6 Å². The summed E-state index contributed by atoms with van der Waals surface area (Å²) in [7, 11) is 0. The molecule has 1 atom stereocenters. The number of nitrogens with one attached hydrogen (secondary N) is 1. The first-order chi connectivity index (χ1) is 6.75. The number of rotatable bonds is 1. The summed E-state index contributed by atoms with van der Waals surface area (Å²) in [6.45, 7) is 0.772. The van der Waals surface area contributed by atoms with Crippen molar-refractivity contribution in [3.05, 3.63) is 0 Å². The van der Waals surface area contributed by atoms with Gasteiger partial charge in [-0.2, -0.15) is 11.8 Å². The number of imide groups is 1. The number of piperazine rings is 1. The third-order valence-corrected chi connectivity index (χ3v) is 3.82. The van der Waals surface area contributed by atoms with Gasteiger partial charge in [0.2, 0.25) is 11.8 Å². The molecule has 0 radical (unpaired) electrons. The van der Waals surface area contributed by atoms with Crippen LogP contribution in [0.1, 0.15) is 12.8 Å². The molecule has 2 aliphatic heterocycles. The molecular weight excluding hydrogens is 200 g/mol. The van der Waals surface area contributed by atoms with E-state index in [0.717, 1.165) is 12.2 Å². The first-order valence-corrected chi connectivity index (χ1v) is 6.05. The van der Waals surface area contributed by atoms with E-state index in [1.807, 2.05) is 16.7 Å². The van der Waals surface area contributed by atoms with Crippen LogP contribution in [0.5, 0.6) is 0 Å². The highest BCUT2D eigenvalue weighted by molar-refractivity contribution is 7.99. The number of nitrogens with zero attached hydrogens (tertiary/aromatic N) is 1. The molecule has 1 N–H and O–H groups in total. The Morgan fingerprint density at radius 3 is 2.57 bits per heavy atom. The van der Waals surface area contributed by atoms with Crippen LogP contribution in [0.3, 0.4) is 0 Å². The number of amides is 2. The normalized spacial score (nSPS) is 30.1. The standard InChI is InChI=1S/C9H14N2O2S/c12-8-4-11(5-9(13)10-8)7-2-1-3-14-6-7/h7H,1-6H2,(H,10,12,13). The molecule has 2 fully saturated rings. The molecule has 2 amide bonds. The molecule has 0 aromatic heterocycles. The average molecular weight is 214 g/mol. The molecule has 0 aromatic rings. The van der Waals surface area contributed by atoms with E-state index >= 15 is 0 Å². The van der Waals surface area contributed by atoms with Gasteiger partial charge in [0, 0.05) is 11.8 Å². The lowest BCUT2D eigenvalue weighted by molar-refractivity contribution is -0.136. The molecule has 78 valence electrons. The summed E-state index contributed by atoms with van der Waals surface area (Å²) < 4.78 is 0. The highest BCUT2D eigenvalue weighted by Gasteiger charge is 2.29. The van der Waals surface area contributed by atoms with Crippen molar-refractivity contribution in [2.24, 2.45) is 0 Å². The first-order valence-electron chi connectivity index (χ1n) is 4.90. The van der Waals surface area contributed by atoms with Crippen LogP contribution in [-0.4, -0.2) is 47.4 Å². The lowest BCUT2D eigenvalue weighted by Gasteiger charge is -2.35. The second kappa shape index (κ2) is 4.31. The molecule has 2 aliphatic rings. The van der Waals surface area contributed by atoms with Crippen molar-refractivity contribution < 1.29 is 9.59 Å². The van der Waals surface area contributed by atoms with Gasteiger partial charge in [-0.3, -0.25) is 19.8 Å². The topological polar surface area (TPSA) is 49.4 Å². The summed E-state index contributed by atoms with van der Waals surface area (Å²) in [6, 6.07) is 0.420. The molecular formula is C9H14N2O2S. The second-order valence-corrected chi connectivity index (χ2v) is 4.90. The lowest BCUT2D eigenvalue weighted by Crippen LogP contribution is -2.55. The summed E-state index contributed by atoms with van der Waals surface area (Å²) in [6.07, 6.45) is 2.31. The summed E-state index contributed by atoms with van der Waals surface area (Å²) in [5.74, 6) is 1.96. The number of hydrogen-bond acceptors (Lipinski definition) is 4. The second-order valence-electron chi connectivity index (χ2n) is 3.75. The SMILES string of the molecule is O=C1CN(C2CCCSC2)CC(=O)N1. The van der Waals surface area contributed by atoms with Gasteiger partial charge >= 0.3 is 0 Å². The highest BCUT2D eigenvalue weighted by atomic mass is 32.2. The van der Waals surface area contributed by atoms with Gasteiger partial charge in [-0.05, 0) is 18.6 Å². The molecule has 2 heterocycles. The van der Waals surface area contributed by atoms with Crippen LogP contribution >= 0.6 is 11.8 Å². The van der Waals surface area contributed by atoms with E-state index in [1.165, 1.54) is 12.2 Å². The minimum Gasteiger partial charge on any atom is -0.294 e. The molecule has 14 heavy (non-hydrogen) atoms. The predicted octanol–water partition coefficient (Wildman–Crippen LogP) is -0.160. The van der Waals surface area contributed by atoms with E-state index in [4.69, 9.17) is 0 Å². The van der Waals surface area contributed by atoms with Gasteiger partial charge in [-0.1, -0.05) is 0 Å². The van der Waals surface area contributed by atoms with Crippen LogP contribution in [0.15, 0.2) is 0 Å². The molecule has 0 bridgehead atoms. The third kappa shape index (κ3) is 2.27. The average Bonchev–Trinajstić information content (AvgIpc) is 2.18. The minimum atomic E-state index is -0.156. The van der Waals surface area contributed by atoms with Gasteiger partial charge < -0.3 is 0 Å². The molecule has 2 saturated heterocycles. The molecule has 4 nitrogen and oxygen atoms in total. The van der Waals surface area contributed by atoms with E-state index in [0.29, 0.717) is 19.1 Å². The maximum atomic E-state index is 11.1. The summed E-state index contributed by atoms with van der Waals surface area (Å²) in [4.78, 5) is 24.3. The third-order valence-electron chi connectivity index (χ3n) is 2.62. The number of thioether (sulfide) groups is 1. The lowest BCUT2D eigenvalue weighted by atomic mass is 10.1. The van der Waals surface area contributed by atoms with Crippen LogP contribution in [0.4, 0.5) is 0 Å². The Morgan fingerprint density at radius 2 is 2.00 bits per heavy atom. The van der Waals surface area contributed by atoms with Crippen molar-refractivity contribution in [3.8, 4) is 0 Å². The van der Waals surface area contributed by atoms with Gasteiger partial charge in [-0.25, -0.2) is 0 Å². The Balaban J connectivity index is 1.95. The molecule has 0 aromatic carbocycles. The highest BCUT2D eigenvalue weighted by Crippen LogP contribution is 2.21. The maximum Gasteiger partial charge on any atom is 0.240 e. The van der Waals surface area contributed by atoms with E-state index in [2.05, 4.69) is 5.32 Å². The quantitative estimate of drug-likeness (QED) is 0.616. The van der Waals surface area contributed by atoms with Gasteiger partial charge in [0.1, 0.15) is 0 Å². The maximum absolute atomic E-state index is 11.1. The van der Waals surface area contributed by atoms with Gasteiger partial charge in [-0.15, -0.1) is 0 Å². The molecule has 5 heteroatoms. The molecule has 0 spiro atoms. The van der Waals surface area contributed by atoms with Gasteiger partial charge in [0.25, 0.3) is 0 Å². The van der Waals surface area contributed by atoms with Crippen molar-refractivity contribution in [3.63, 3.8) is 0 Å². The van der Waals surface area contributed by atoms with Crippen molar-refractivity contribution >= 4 is 23.6 Å². The van der Waals surface area contributed by atoms with Gasteiger partial charge in [0.15, 0.2) is 0 Å². The molecule has 0 aliphatic carbocycles. The van der Waals surface area contributed by atoms with E-state index < -0.39 is 0 Å². The Labute approximate surface area is 87.4 Å².